The van der Waals surface area contributed by atoms with E-state index in [2.05, 4.69) is 37.9 Å². The molecule has 1 fully saturated rings. The first-order chi connectivity index (χ1) is 8.47. The van der Waals surface area contributed by atoms with Crippen LogP contribution < -0.4 is 5.32 Å². The SMILES string of the molecule is COCCOCCN1CC(C(C)C)NCC1(C)C. The molecule has 1 heterocycles. The lowest BCUT2D eigenvalue weighted by atomic mass is 9.93. The van der Waals surface area contributed by atoms with Crippen molar-refractivity contribution in [1.29, 1.82) is 0 Å². The standard InChI is InChI=1S/C14H30N2O2/c1-12(2)13-10-16(14(3,4)11-15-13)6-7-18-9-8-17-5/h12-13,15H,6-11H2,1-5H3. The largest absolute Gasteiger partial charge is 0.382 e. The molecule has 1 unspecified atom stereocenters. The van der Waals surface area contributed by atoms with Gasteiger partial charge < -0.3 is 14.8 Å². The lowest BCUT2D eigenvalue weighted by Gasteiger charge is -2.47. The van der Waals surface area contributed by atoms with Gasteiger partial charge in [0.1, 0.15) is 0 Å². The Morgan fingerprint density at radius 2 is 2.00 bits per heavy atom. The summed E-state index contributed by atoms with van der Waals surface area (Å²) in [5.74, 6) is 0.679. The van der Waals surface area contributed by atoms with E-state index in [0.29, 0.717) is 25.2 Å². The summed E-state index contributed by atoms with van der Waals surface area (Å²) in [5, 5.41) is 3.65. The molecule has 0 radical (unpaired) electrons. The number of nitrogens with zero attached hydrogens (tertiary/aromatic N) is 1. The van der Waals surface area contributed by atoms with Crippen LogP contribution in [0.5, 0.6) is 0 Å². The van der Waals surface area contributed by atoms with E-state index in [-0.39, 0.29) is 5.54 Å². The number of ether oxygens (including phenoxy) is 2. The molecule has 1 saturated heterocycles. The van der Waals surface area contributed by atoms with E-state index in [9.17, 15) is 0 Å². The molecule has 1 aliphatic heterocycles. The molecule has 1 rings (SSSR count). The maximum Gasteiger partial charge on any atom is 0.0700 e. The highest BCUT2D eigenvalue weighted by Crippen LogP contribution is 2.20. The summed E-state index contributed by atoms with van der Waals surface area (Å²) >= 11 is 0. The molecule has 0 aromatic carbocycles. The van der Waals surface area contributed by atoms with Gasteiger partial charge in [0.25, 0.3) is 0 Å². The third kappa shape index (κ3) is 4.84. The second kappa shape index (κ2) is 7.43. The van der Waals surface area contributed by atoms with Crippen molar-refractivity contribution in [3.8, 4) is 0 Å². The Bertz CT molecular complexity index is 232. The fourth-order valence-electron chi connectivity index (χ4n) is 2.30. The van der Waals surface area contributed by atoms with Crippen LogP contribution in [0, 0.1) is 5.92 Å². The quantitative estimate of drug-likeness (QED) is 0.699. The van der Waals surface area contributed by atoms with Crippen LogP contribution in [0.4, 0.5) is 0 Å². The molecule has 0 amide bonds. The highest BCUT2D eigenvalue weighted by atomic mass is 16.5. The Morgan fingerprint density at radius 1 is 1.28 bits per heavy atom. The van der Waals surface area contributed by atoms with Crippen LogP contribution in [0.1, 0.15) is 27.7 Å². The first-order valence-corrected chi connectivity index (χ1v) is 7.02. The van der Waals surface area contributed by atoms with E-state index in [4.69, 9.17) is 9.47 Å². The molecule has 0 bridgehead atoms. The van der Waals surface area contributed by atoms with Gasteiger partial charge in [-0.15, -0.1) is 0 Å². The van der Waals surface area contributed by atoms with E-state index in [1.54, 1.807) is 7.11 Å². The second-order valence-electron chi connectivity index (χ2n) is 6.10. The Kier molecular flexibility index (Phi) is 6.57. The van der Waals surface area contributed by atoms with Crippen LogP contribution in [0.3, 0.4) is 0 Å². The maximum absolute atomic E-state index is 5.58. The number of piperazine rings is 1. The smallest absolute Gasteiger partial charge is 0.0700 e. The van der Waals surface area contributed by atoms with Gasteiger partial charge >= 0.3 is 0 Å². The van der Waals surface area contributed by atoms with Gasteiger partial charge in [0.15, 0.2) is 0 Å². The van der Waals surface area contributed by atoms with Gasteiger partial charge in [-0.2, -0.15) is 0 Å². The summed E-state index contributed by atoms with van der Waals surface area (Å²) < 4.78 is 10.6. The number of nitrogens with one attached hydrogen (secondary N) is 1. The van der Waals surface area contributed by atoms with Gasteiger partial charge in [0.2, 0.25) is 0 Å². The molecule has 0 aromatic rings. The molecule has 18 heavy (non-hydrogen) atoms. The molecule has 0 saturated carbocycles. The van der Waals surface area contributed by atoms with Gasteiger partial charge in [0.05, 0.1) is 19.8 Å². The highest BCUT2D eigenvalue weighted by Gasteiger charge is 2.34. The van der Waals surface area contributed by atoms with E-state index in [1.165, 1.54) is 0 Å². The highest BCUT2D eigenvalue weighted by molar-refractivity contribution is 4.93. The van der Waals surface area contributed by atoms with E-state index in [0.717, 1.165) is 26.2 Å². The summed E-state index contributed by atoms with van der Waals surface area (Å²) in [4.78, 5) is 2.54. The number of rotatable bonds is 7. The summed E-state index contributed by atoms with van der Waals surface area (Å²) in [7, 11) is 1.70. The summed E-state index contributed by atoms with van der Waals surface area (Å²) in [6.45, 7) is 14.5. The third-order valence-electron chi connectivity index (χ3n) is 3.81. The number of methoxy groups -OCH3 is 1. The van der Waals surface area contributed by atoms with Gasteiger partial charge in [-0.1, -0.05) is 13.8 Å². The fourth-order valence-corrected chi connectivity index (χ4v) is 2.30. The first kappa shape index (κ1) is 15.9. The average molecular weight is 258 g/mol. The monoisotopic (exact) mass is 258 g/mol. The van der Waals surface area contributed by atoms with Gasteiger partial charge in [-0.3, -0.25) is 4.90 Å². The predicted molar refractivity (Wildman–Crippen MR) is 75.0 cm³/mol. The third-order valence-corrected chi connectivity index (χ3v) is 3.81. The van der Waals surface area contributed by atoms with Crippen molar-refractivity contribution >= 4 is 0 Å². The Labute approximate surface area is 112 Å². The zero-order valence-corrected chi connectivity index (χ0v) is 12.7. The molecule has 4 nitrogen and oxygen atoms in total. The van der Waals surface area contributed by atoms with Crippen LogP contribution >= 0.6 is 0 Å². The Morgan fingerprint density at radius 3 is 2.61 bits per heavy atom. The normalized spacial score (nSPS) is 24.7. The zero-order valence-electron chi connectivity index (χ0n) is 12.7. The van der Waals surface area contributed by atoms with Gasteiger partial charge in [0, 0.05) is 38.3 Å². The van der Waals surface area contributed by atoms with Crippen molar-refractivity contribution in [1.82, 2.24) is 10.2 Å². The minimum absolute atomic E-state index is 0.218. The van der Waals surface area contributed by atoms with Gasteiger partial charge in [-0.25, -0.2) is 0 Å². The lowest BCUT2D eigenvalue weighted by Crippen LogP contribution is -2.63. The number of hydrogen-bond donors (Lipinski definition) is 1. The van der Waals surface area contributed by atoms with E-state index < -0.39 is 0 Å². The molecule has 0 spiro atoms. The Balaban J connectivity index is 2.34. The minimum Gasteiger partial charge on any atom is -0.382 e. The molecular weight excluding hydrogens is 228 g/mol. The van der Waals surface area contributed by atoms with Crippen LogP contribution in [0.2, 0.25) is 0 Å². The summed E-state index contributed by atoms with van der Waals surface area (Å²) in [5.41, 5.74) is 0.218. The summed E-state index contributed by atoms with van der Waals surface area (Å²) in [6, 6.07) is 0.594. The van der Waals surface area contributed by atoms with Crippen molar-refractivity contribution < 1.29 is 9.47 Å². The van der Waals surface area contributed by atoms with Crippen LogP contribution in [0.25, 0.3) is 0 Å². The van der Waals surface area contributed by atoms with Crippen molar-refractivity contribution in [3.05, 3.63) is 0 Å². The first-order valence-electron chi connectivity index (χ1n) is 7.02. The second-order valence-corrected chi connectivity index (χ2v) is 6.10. The van der Waals surface area contributed by atoms with Crippen LogP contribution in [-0.4, -0.2) is 63.0 Å². The molecule has 108 valence electrons. The maximum atomic E-state index is 5.58. The predicted octanol–water partition coefficient (Wildman–Crippen LogP) is 1.36. The molecule has 1 aliphatic rings. The molecular formula is C14H30N2O2. The molecule has 1 N–H and O–H groups in total. The zero-order chi connectivity index (χ0) is 13.6. The fraction of sp³-hybridized carbons (Fsp3) is 1.00. The average Bonchev–Trinajstić information content (AvgIpc) is 2.30. The topological polar surface area (TPSA) is 33.7 Å². The van der Waals surface area contributed by atoms with Crippen LogP contribution in [-0.2, 0) is 9.47 Å². The molecule has 1 atom stereocenters. The van der Waals surface area contributed by atoms with Crippen molar-refractivity contribution in [3.63, 3.8) is 0 Å². The van der Waals surface area contributed by atoms with Crippen LogP contribution in [0.15, 0.2) is 0 Å². The van der Waals surface area contributed by atoms with E-state index >= 15 is 0 Å². The molecule has 4 heteroatoms. The van der Waals surface area contributed by atoms with Crippen molar-refractivity contribution in [2.24, 2.45) is 5.92 Å². The lowest BCUT2D eigenvalue weighted by molar-refractivity contribution is 0.0106. The van der Waals surface area contributed by atoms with Crippen molar-refractivity contribution in [2.75, 3.05) is 46.6 Å². The van der Waals surface area contributed by atoms with Gasteiger partial charge in [-0.05, 0) is 19.8 Å². The number of hydrogen-bond acceptors (Lipinski definition) is 4. The van der Waals surface area contributed by atoms with Crippen molar-refractivity contribution in [2.45, 2.75) is 39.3 Å². The molecule has 0 aromatic heterocycles. The van der Waals surface area contributed by atoms with E-state index in [1.807, 2.05) is 0 Å². The summed E-state index contributed by atoms with van der Waals surface area (Å²) in [6.07, 6.45) is 0. The Hall–Kier alpha value is -0.160. The molecule has 0 aliphatic carbocycles. The minimum atomic E-state index is 0.218.